The predicted octanol–water partition coefficient (Wildman–Crippen LogP) is -3.77. The van der Waals surface area contributed by atoms with Gasteiger partial charge in [0.15, 0.2) is 12.5 Å². The van der Waals surface area contributed by atoms with Gasteiger partial charge in [0.05, 0.1) is 12.7 Å². The van der Waals surface area contributed by atoms with Crippen LogP contribution in [0.25, 0.3) is 0 Å². The smallest absolute Gasteiger partial charge is 0.388 e. The first kappa shape index (κ1) is 28.2. The van der Waals surface area contributed by atoms with Crippen molar-refractivity contribution >= 4 is 15.6 Å². The summed E-state index contributed by atoms with van der Waals surface area (Å²) in [6.07, 6.45) is -14.2. The molecule has 1 aromatic heterocycles. The van der Waals surface area contributed by atoms with Crippen LogP contribution < -0.4 is 11.2 Å². The Morgan fingerprint density at radius 1 is 0.971 bits per heavy atom. The second-order valence-electron chi connectivity index (χ2n) is 7.66. The maximum absolute atomic E-state index is 12.1. The number of ether oxygens (including phenoxy) is 2. The van der Waals surface area contributed by atoms with Crippen molar-refractivity contribution in [1.82, 2.24) is 9.55 Å². The molecule has 3 rings (SSSR count). The molecular formula is C15H24N2O16P2. The number of aliphatic hydroxyl groups excluding tert-OH is 5. The molecule has 0 aliphatic carbocycles. The van der Waals surface area contributed by atoms with Crippen LogP contribution >= 0.6 is 15.6 Å². The molecule has 2 aliphatic rings. The number of rotatable bonds is 8. The largest absolute Gasteiger partial charge is 0.483 e. The molecule has 2 fully saturated rings. The minimum absolute atomic E-state index is 0.737. The summed E-state index contributed by atoms with van der Waals surface area (Å²) < 4.78 is 48.3. The molecule has 18 nitrogen and oxygen atoms in total. The van der Waals surface area contributed by atoms with Crippen molar-refractivity contribution in [3.8, 4) is 0 Å². The summed E-state index contributed by atoms with van der Waals surface area (Å²) in [5.74, 6) is 0. The van der Waals surface area contributed by atoms with E-state index in [9.17, 15) is 54.0 Å². The molecule has 0 radical (unpaired) electrons. The second kappa shape index (κ2) is 10.6. The number of aromatic nitrogens is 2. The zero-order valence-corrected chi connectivity index (χ0v) is 19.5. The molecule has 0 bridgehead atoms. The molecule has 0 amide bonds. The zero-order valence-electron chi connectivity index (χ0n) is 17.7. The Balaban J connectivity index is 1.61. The van der Waals surface area contributed by atoms with Crippen molar-refractivity contribution in [1.29, 1.82) is 0 Å². The van der Waals surface area contributed by atoms with Gasteiger partial charge in [0.2, 0.25) is 0 Å². The van der Waals surface area contributed by atoms with Gasteiger partial charge in [-0.1, -0.05) is 0 Å². The normalized spacial score (nSPS) is 39.1. The first-order chi connectivity index (χ1) is 16.1. The topological polar surface area (TPSA) is 277 Å². The van der Waals surface area contributed by atoms with E-state index in [1.807, 2.05) is 4.98 Å². The Hall–Kier alpha value is -1.34. The molecule has 2 saturated heterocycles. The molecule has 2 unspecified atom stereocenters. The Labute approximate surface area is 195 Å². The van der Waals surface area contributed by atoms with Gasteiger partial charge < -0.3 is 44.8 Å². The minimum atomic E-state index is -5.50. The van der Waals surface area contributed by atoms with E-state index in [2.05, 4.69) is 13.4 Å². The summed E-state index contributed by atoms with van der Waals surface area (Å²) >= 11 is 0. The summed E-state index contributed by atoms with van der Waals surface area (Å²) in [4.78, 5) is 44.5. The maximum atomic E-state index is 12.1. The maximum Gasteiger partial charge on any atom is 0.483 e. The van der Waals surface area contributed by atoms with Crippen LogP contribution in [0.4, 0.5) is 0 Å². The Morgan fingerprint density at radius 3 is 2.26 bits per heavy atom. The number of phosphoric acid groups is 2. The van der Waals surface area contributed by atoms with Crippen LogP contribution in [0.5, 0.6) is 0 Å². The van der Waals surface area contributed by atoms with Gasteiger partial charge in [-0.25, -0.2) is 13.9 Å². The molecule has 35 heavy (non-hydrogen) atoms. The molecule has 0 saturated carbocycles. The number of aromatic amines is 1. The van der Waals surface area contributed by atoms with Crippen LogP contribution in [0.3, 0.4) is 0 Å². The van der Waals surface area contributed by atoms with Gasteiger partial charge in [-0.3, -0.25) is 23.4 Å². The molecule has 3 heterocycles. The van der Waals surface area contributed by atoms with Crippen LogP contribution in [0.15, 0.2) is 21.9 Å². The highest BCUT2D eigenvalue weighted by Gasteiger charge is 2.49. The van der Waals surface area contributed by atoms with Gasteiger partial charge in [-0.15, -0.1) is 0 Å². The average molecular weight is 550 g/mol. The second-order valence-corrected chi connectivity index (χ2v) is 10.7. The summed E-state index contributed by atoms with van der Waals surface area (Å²) in [7, 11) is -10.9. The highest BCUT2D eigenvalue weighted by molar-refractivity contribution is 7.61. The molecule has 11 atom stereocenters. The van der Waals surface area contributed by atoms with Crippen molar-refractivity contribution in [2.45, 2.75) is 62.2 Å². The third kappa shape index (κ3) is 6.51. The monoisotopic (exact) mass is 550 g/mol. The quantitative estimate of drug-likeness (QED) is 0.144. The Morgan fingerprint density at radius 2 is 1.63 bits per heavy atom. The third-order valence-electron chi connectivity index (χ3n) is 5.12. The van der Waals surface area contributed by atoms with E-state index >= 15 is 0 Å². The predicted molar refractivity (Wildman–Crippen MR) is 107 cm³/mol. The number of hydrogen-bond acceptors (Lipinski definition) is 14. The molecular weight excluding hydrogens is 526 g/mol. The lowest BCUT2D eigenvalue weighted by Crippen LogP contribution is -2.57. The van der Waals surface area contributed by atoms with E-state index in [1.54, 1.807) is 0 Å². The number of aliphatic hydroxyl groups is 5. The number of phosphoric ester groups is 2. The molecule has 0 aromatic carbocycles. The van der Waals surface area contributed by atoms with Crippen LogP contribution in [-0.4, -0.2) is 100 Å². The van der Waals surface area contributed by atoms with Gasteiger partial charge in [0, 0.05) is 12.3 Å². The van der Waals surface area contributed by atoms with Crippen LogP contribution in [0.2, 0.25) is 0 Å². The lowest BCUT2D eigenvalue weighted by molar-refractivity contribution is -0.271. The van der Waals surface area contributed by atoms with Crippen LogP contribution in [0.1, 0.15) is 13.2 Å². The third-order valence-corrected chi connectivity index (χ3v) is 7.72. The number of nitrogens with zero attached hydrogens (tertiary/aromatic N) is 1. The summed E-state index contributed by atoms with van der Waals surface area (Å²) in [6, 6.07) is 0.940. The van der Waals surface area contributed by atoms with Crippen molar-refractivity contribution in [3.63, 3.8) is 0 Å². The molecule has 200 valence electrons. The van der Waals surface area contributed by atoms with Crippen molar-refractivity contribution < 1.29 is 67.3 Å². The molecule has 20 heteroatoms. The fraction of sp³-hybridized carbons (Fsp3) is 0.733. The minimum Gasteiger partial charge on any atom is -0.388 e. The van der Waals surface area contributed by atoms with E-state index in [0.29, 0.717) is 0 Å². The Bertz CT molecular complexity index is 1110. The van der Waals surface area contributed by atoms with Gasteiger partial charge >= 0.3 is 21.3 Å². The highest BCUT2D eigenvalue weighted by atomic mass is 31.3. The zero-order chi connectivity index (χ0) is 26.3. The number of hydrogen-bond donors (Lipinski definition) is 8. The lowest BCUT2D eigenvalue weighted by atomic mass is 10.0. The van der Waals surface area contributed by atoms with Gasteiger partial charge in [-0.05, 0) is 6.92 Å². The summed E-state index contributed by atoms with van der Waals surface area (Å²) in [5.41, 5.74) is -1.72. The number of nitrogens with one attached hydrogen (secondary N) is 1. The van der Waals surface area contributed by atoms with Crippen molar-refractivity contribution in [2.75, 3.05) is 6.61 Å². The fourth-order valence-electron chi connectivity index (χ4n) is 3.30. The average Bonchev–Trinajstić information content (AvgIpc) is 3.02. The van der Waals surface area contributed by atoms with Crippen LogP contribution in [0, 0.1) is 0 Å². The van der Waals surface area contributed by atoms with Gasteiger partial charge in [0.25, 0.3) is 5.56 Å². The van der Waals surface area contributed by atoms with Gasteiger partial charge in [-0.2, -0.15) is 4.31 Å². The van der Waals surface area contributed by atoms with Gasteiger partial charge in [0.1, 0.15) is 36.6 Å². The first-order valence-corrected chi connectivity index (χ1v) is 12.8. The van der Waals surface area contributed by atoms with E-state index in [4.69, 9.17) is 9.47 Å². The van der Waals surface area contributed by atoms with Crippen LogP contribution in [-0.2, 0) is 32.0 Å². The molecule has 1 aromatic rings. The van der Waals surface area contributed by atoms with E-state index < -0.39 is 88.7 Å². The Kier molecular flexibility index (Phi) is 8.52. The SMILES string of the molecule is C[C@@H]1O[C@H](OP(=O)(O)OP(=O)(O)OC[C@H]2O[C@@H](n3ccc(=O)[nH]c3=O)[C@H](O)[C@@H]2O)[C@H](O)[C@H](O)[C@H]1O. The molecule has 2 aliphatic heterocycles. The highest BCUT2D eigenvalue weighted by Crippen LogP contribution is 2.61. The van der Waals surface area contributed by atoms with E-state index in [0.717, 1.165) is 16.8 Å². The van der Waals surface area contributed by atoms with Crippen molar-refractivity contribution in [3.05, 3.63) is 33.1 Å². The lowest BCUT2D eigenvalue weighted by Gasteiger charge is -2.38. The molecule has 0 spiro atoms. The number of H-pyrrole nitrogens is 1. The first-order valence-electron chi connectivity index (χ1n) is 9.84. The van der Waals surface area contributed by atoms with Crippen molar-refractivity contribution in [2.24, 2.45) is 0 Å². The standard InChI is InChI=1S/C15H24N2O16P2/c1-5-8(19)10(21)12(23)14(30-5)32-35(27,28)33-34(25,26)29-4-6-9(20)11(22)13(31-6)17-3-2-7(18)16-15(17)24/h2-3,5-6,8-14,19-23H,4H2,1H3,(H,25,26)(H,27,28)(H,16,18,24)/t5-,6+,8-,9+,10+,11+,12+,13+,14+/m0/s1. The molecule has 8 N–H and O–H groups in total. The summed E-state index contributed by atoms with van der Waals surface area (Å²) in [5, 5.41) is 49.4. The summed E-state index contributed by atoms with van der Waals surface area (Å²) in [6.45, 7) is 0.250. The van der Waals surface area contributed by atoms with E-state index in [-0.39, 0.29) is 0 Å². The van der Waals surface area contributed by atoms with E-state index in [1.165, 1.54) is 6.92 Å². The fourth-order valence-corrected chi connectivity index (χ4v) is 5.45.